The molecule has 1 saturated heterocycles. The van der Waals surface area contributed by atoms with E-state index in [-0.39, 0.29) is 11.8 Å². The van der Waals surface area contributed by atoms with Crippen LogP contribution in [0.4, 0.5) is 0 Å². The average Bonchev–Trinajstić information content (AvgIpc) is 3.08. The van der Waals surface area contributed by atoms with Gasteiger partial charge in [-0.15, -0.1) is 0 Å². The molecular weight excluding hydrogens is 290 g/mol. The van der Waals surface area contributed by atoms with E-state index in [9.17, 15) is 9.59 Å². The Morgan fingerprint density at radius 2 is 1.96 bits per heavy atom. The van der Waals surface area contributed by atoms with Crippen LogP contribution in [-0.2, 0) is 4.79 Å². The third kappa shape index (κ3) is 3.50. The number of aromatic nitrogens is 1. The number of fused-ring (bicyclic) bond motifs is 1. The number of para-hydroxylation sites is 1. The fourth-order valence-corrected chi connectivity index (χ4v) is 3.00. The summed E-state index contributed by atoms with van der Waals surface area (Å²) in [7, 11) is 0. The monoisotopic (exact) mass is 311 g/mol. The van der Waals surface area contributed by atoms with Gasteiger partial charge in [0.1, 0.15) is 0 Å². The van der Waals surface area contributed by atoms with Crippen LogP contribution in [0.2, 0.25) is 0 Å². The second-order valence-corrected chi connectivity index (χ2v) is 5.92. The third-order valence-electron chi connectivity index (χ3n) is 4.17. The van der Waals surface area contributed by atoms with E-state index < -0.39 is 0 Å². The summed E-state index contributed by atoms with van der Waals surface area (Å²) in [6.45, 7) is 3.94. The van der Waals surface area contributed by atoms with Gasteiger partial charge >= 0.3 is 0 Å². The first-order valence-corrected chi connectivity index (χ1v) is 8.07. The molecule has 0 unspecified atom stereocenters. The quantitative estimate of drug-likeness (QED) is 0.942. The molecule has 120 valence electrons. The predicted molar refractivity (Wildman–Crippen MR) is 89.2 cm³/mol. The van der Waals surface area contributed by atoms with Gasteiger partial charge in [-0.3, -0.25) is 14.6 Å². The average molecular weight is 311 g/mol. The Hall–Kier alpha value is -2.43. The second-order valence-electron chi connectivity index (χ2n) is 5.92. The Balaban J connectivity index is 1.65. The summed E-state index contributed by atoms with van der Waals surface area (Å²) >= 11 is 0. The van der Waals surface area contributed by atoms with E-state index in [0.717, 1.165) is 42.5 Å². The van der Waals surface area contributed by atoms with Crippen molar-refractivity contribution >= 4 is 22.7 Å². The highest BCUT2D eigenvalue weighted by atomic mass is 16.2. The largest absolute Gasteiger partial charge is 0.351 e. The molecule has 5 nitrogen and oxygen atoms in total. The zero-order chi connectivity index (χ0) is 16.2. The van der Waals surface area contributed by atoms with Gasteiger partial charge in [0.15, 0.2) is 0 Å². The van der Waals surface area contributed by atoms with Crippen molar-refractivity contribution in [3.8, 4) is 0 Å². The summed E-state index contributed by atoms with van der Waals surface area (Å²) in [6.07, 6.45) is 2.52. The molecule has 2 amide bonds. The van der Waals surface area contributed by atoms with E-state index in [4.69, 9.17) is 0 Å². The molecule has 2 heterocycles. The van der Waals surface area contributed by atoms with Crippen LogP contribution in [0.25, 0.3) is 10.9 Å². The number of carbonyl (C=O) groups excluding carboxylic acids is 2. The molecule has 0 radical (unpaired) electrons. The summed E-state index contributed by atoms with van der Waals surface area (Å²) in [5, 5.41) is 3.69. The Bertz CT molecular complexity index is 736. The molecule has 0 atom stereocenters. The standard InChI is InChI=1S/C18H21N3O2/c1-13-12-15(14-6-2-3-7-16(14)20-13)18(23)19-9-8-17(22)21-10-4-5-11-21/h2-3,6-7,12H,4-5,8-11H2,1H3,(H,19,23). The number of benzene rings is 1. The number of amides is 2. The summed E-state index contributed by atoms with van der Waals surface area (Å²) in [5.74, 6) is -0.0283. The molecule has 23 heavy (non-hydrogen) atoms. The van der Waals surface area contributed by atoms with E-state index in [0.29, 0.717) is 18.5 Å². The predicted octanol–water partition coefficient (Wildman–Crippen LogP) is 2.29. The van der Waals surface area contributed by atoms with Gasteiger partial charge in [0.2, 0.25) is 5.91 Å². The molecule has 0 aliphatic carbocycles. The topological polar surface area (TPSA) is 62.3 Å². The Morgan fingerprint density at radius 3 is 2.74 bits per heavy atom. The zero-order valence-electron chi connectivity index (χ0n) is 13.3. The minimum absolute atomic E-state index is 0.124. The molecule has 1 N–H and O–H groups in total. The molecule has 3 rings (SSSR count). The Labute approximate surface area is 135 Å². The number of hydrogen-bond acceptors (Lipinski definition) is 3. The summed E-state index contributed by atoms with van der Waals surface area (Å²) in [6, 6.07) is 9.39. The fraction of sp³-hybridized carbons (Fsp3) is 0.389. The van der Waals surface area contributed by atoms with E-state index >= 15 is 0 Å². The third-order valence-corrected chi connectivity index (χ3v) is 4.17. The highest BCUT2D eigenvalue weighted by molar-refractivity contribution is 6.06. The summed E-state index contributed by atoms with van der Waals surface area (Å²) in [5.41, 5.74) is 2.23. The first-order valence-electron chi connectivity index (χ1n) is 8.07. The zero-order valence-corrected chi connectivity index (χ0v) is 13.3. The van der Waals surface area contributed by atoms with E-state index in [2.05, 4.69) is 10.3 Å². The van der Waals surface area contributed by atoms with Crippen LogP contribution in [0.15, 0.2) is 30.3 Å². The SMILES string of the molecule is Cc1cc(C(=O)NCCC(=O)N2CCCC2)c2ccccc2n1. The van der Waals surface area contributed by atoms with Gasteiger partial charge in [0.05, 0.1) is 11.1 Å². The molecule has 5 heteroatoms. The fourth-order valence-electron chi connectivity index (χ4n) is 3.00. The van der Waals surface area contributed by atoms with Crippen LogP contribution in [0.3, 0.4) is 0 Å². The lowest BCUT2D eigenvalue weighted by Gasteiger charge is -2.15. The number of nitrogens with zero attached hydrogens (tertiary/aromatic N) is 2. The van der Waals surface area contributed by atoms with Crippen LogP contribution in [0, 0.1) is 6.92 Å². The maximum atomic E-state index is 12.4. The van der Waals surface area contributed by atoms with Gasteiger partial charge in [-0.2, -0.15) is 0 Å². The normalized spacial score (nSPS) is 14.2. The van der Waals surface area contributed by atoms with E-state index in [1.54, 1.807) is 6.07 Å². The van der Waals surface area contributed by atoms with Crippen LogP contribution in [-0.4, -0.2) is 41.3 Å². The van der Waals surface area contributed by atoms with Crippen molar-refractivity contribution in [3.05, 3.63) is 41.6 Å². The number of pyridine rings is 1. The number of likely N-dealkylation sites (tertiary alicyclic amines) is 1. The highest BCUT2D eigenvalue weighted by Crippen LogP contribution is 2.18. The lowest BCUT2D eigenvalue weighted by atomic mass is 10.1. The van der Waals surface area contributed by atoms with Gasteiger partial charge in [-0.1, -0.05) is 18.2 Å². The van der Waals surface area contributed by atoms with Crippen molar-refractivity contribution in [1.82, 2.24) is 15.2 Å². The van der Waals surface area contributed by atoms with Crippen LogP contribution in [0.1, 0.15) is 35.3 Å². The van der Waals surface area contributed by atoms with Gasteiger partial charge < -0.3 is 10.2 Å². The molecule has 0 saturated carbocycles. The minimum atomic E-state index is -0.152. The first kappa shape index (κ1) is 15.5. The lowest BCUT2D eigenvalue weighted by Crippen LogP contribution is -2.32. The summed E-state index contributed by atoms with van der Waals surface area (Å²) in [4.78, 5) is 30.8. The molecule has 1 aliphatic rings. The lowest BCUT2D eigenvalue weighted by molar-refractivity contribution is -0.129. The molecular formula is C18H21N3O2. The van der Waals surface area contributed by atoms with E-state index in [1.807, 2.05) is 36.1 Å². The number of nitrogens with one attached hydrogen (secondary N) is 1. The molecule has 0 spiro atoms. The number of carbonyl (C=O) groups is 2. The molecule has 1 fully saturated rings. The van der Waals surface area contributed by atoms with Crippen molar-refractivity contribution in [2.75, 3.05) is 19.6 Å². The van der Waals surface area contributed by atoms with Gasteiger partial charge in [-0.25, -0.2) is 0 Å². The number of aryl methyl sites for hydroxylation is 1. The van der Waals surface area contributed by atoms with E-state index in [1.165, 1.54) is 0 Å². The molecule has 1 aromatic heterocycles. The van der Waals surface area contributed by atoms with Crippen LogP contribution in [0.5, 0.6) is 0 Å². The van der Waals surface area contributed by atoms with Crippen LogP contribution >= 0.6 is 0 Å². The van der Waals surface area contributed by atoms with Crippen molar-refractivity contribution in [2.45, 2.75) is 26.2 Å². The highest BCUT2D eigenvalue weighted by Gasteiger charge is 2.18. The maximum Gasteiger partial charge on any atom is 0.252 e. The Morgan fingerprint density at radius 1 is 1.22 bits per heavy atom. The first-order chi connectivity index (χ1) is 11.1. The Kier molecular flexibility index (Phi) is 4.55. The van der Waals surface area contributed by atoms with Gasteiger partial charge in [0, 0.05) is 37.1 Å². The van der Waals surface area contributed by atoms with Gasteiger partial charge in [-0.05, 0) is 31.9 Å². The number of hydrogen-bond donors (Lipinski definition) is 1. The molecule has 1 aromatic carbocycles. The smallest absolute Gasteiger partial charge is 0.252 e. The maximum absolute atomic E-state index is 12.4. The minimum Gasteiger partial charge on any atom is -0.351 e. The summed E-state index contributed by atoms with van der Waals surface area (Å²) < 4.78 is 0. The number of rotatable bonds is 4. The second kappa shape index (κ2) is 6.77. The van der Waals surface area contributed by atoms with Gasteiger partial charge in [0.25, 0.3) is 5.91 Å². The van der Waals surface area contributed by atoms with Crippen molar-refractivity contribution in [3.63, 3.8) is 0 Å². The van der Waals surface area contributed by atoms with Crippen molar-refractivity contribution in [1.29, 1.82) is 0 Å². The van der Waals surface area contributed by atoms with Crippen molar-refractivity contribution in [2.24, 2.45) is 0 Å². The molecule has 2 aromatic rings. The van der Waals surface area contributed by atoms with Crippen LogP contribution < -0.4 is 5.32 Å². The molecule has 0 bridgehead atoms. The molecule has 1 aliphatic heterocycles. The van der Waals surface area contributed by atoms with Crippen molar-refractivity contribution < 1.29 is 9.59 Å².